The van der Waals surface area contributed by atoms with Gasteiger partial charge in [-0.3, -0.25) is 9.59 Å². The van der Waals surface area contributed by atoms with E-state index in [9.17, 15) is 9.59 Å². The molecule has 1 aromatic rings. The van der Waals surface area contributed by atoms with Gasteiger partial charge in [-0.2, -0.15) is 0 Å². The summed E-state index contributed by atoms with van der Waals surface area (Å²) in [6.45, 7) is 2.87. The third-order valence-corrected chi connectivity index (χ3v) is 3.23. The summed E-state index contributed by atoms with van der Waals surface area (Å²) in [6, 6.07) is 9.65. The zero-order chi connectivity index (χ0) is 16.2. The van der Waals surface area contributed by atoms with Gasteiger partial charge in [0.2, 0.25) is 5.91 Å². The molecule has 22 heavy (non-hydrogen) atoms. The molecule has 0 aliphatic carbocycles. The number of hydrogen-bond acceptors (Lipinski definition) is 4. The third kappa shape index (κ3) is 7.78. The van der Waals surface area contributed by atoms with Crippen LogP contribution in [0.5, 0.6) is 0 Å². The van der Waals surface area contributed by atoms with Gasteiger partial charge < -0.3 is 14.8 Å². The first kappa shape index (κ1) is 18.2. The van der Waals surface area contributed by atoms with Crippen molar-refractivity contribution in [3.05, 3.63) is 35.9 Å². The zero-order valence-electron chi connectivity index (χ0n) is 13.3. The van der Waals surface area contributed by atoms with E-state index in [0.29, 0.717) is 13.2 Å². The fourth-order valence-electron chi connectivity index (χ4n) is 2.09. The van der Waals surface area contributed by atoms with Crippen LogP contribution < -0.4 is 5.32 Å². The van der Waals surface area contributed by atoms with Crippen molar-refractivity contribution in [3.63, 3.8) is 0 Å². The van der Waals surface area contributed by atoms with Crippen molar-refractivity contribution in [3.8, 4) is 0 Å². The van der Waals surface area contributed by atoms with Gasteiger partial charge in [0, 0.05) is 12.5 Å². The molecule has 0 fully saturated rings. The minimum atomic E-state index is -0.306. The van der Waals surface area contributed by atoms with Crippen molar-refractivity contribution < 1.29 is 19.1 Å². The number of nitrogens with one attached hydrogen (secondary N) is 1. The lowest BCUT2D eigenvalue weighted by molar-refractivity contribution is -0.141. The smallest absolute Gasteiger partial charge is 0.307 e. The van der Waals surface area contributed by atoms with E-state index >= 15 is 0 Å². The van der Waals surface area contributed by atoms with E-state index in [4.69, 9.17) is 4.74 Å². The molecule has 5 nitrogen and oxygen atoms in total. The molecule has 0 saturated heterocycles. The van der Waals surface area contributed by atoms with E-state index < -0.39 is 0 Å². The molecule has 0 radical (unpaired) electrons. The van der Waals surface area contributed by atoms with E-state index in [1.54, 1.807) is 0 Å². The summed E-state index contributed by atoms with van der Waals surface area (Å²) in [4.78, 5) is 23.2. The SMILES string of the molecule is CCCC(CC(=O)OC)NC(=O)CCOCc1ccccc1. The fraction of sp³-hybridized carbons (Fsp3) is 0.529. The Bertz CT molecular complexity index is 447. The number of benzene rings is 1. The van der Waals surface area contributed by atoms with E-state index in [-0.39, 0.29) is 30.8 Å². The molecule has 0 aliphatic heterocycles. The minimum absolute atomic E-state index is 0.101. The quantitative estimate of drug-likeness (QED) is 0.532. The van der Waals surface area contributed by atoms with Crippen LogP contribution >= 0.6 is 0 Å². The van der Waals surface area contributed by atoms with Gasteiger partial charge in [-0.15, -0.1) is 0 Å². The molecule has 122 valence electrons. The van der Waals surface area contributed by atoms with Crippen LogP contribution in [-0.2, 0) is 25.7 Å². The van der Waals surface area contributed by atoms with Crippen LogP contribution in [-0.4, -0.2) is 31.6 Å². The summed E-state index contributed by atoms with van der Waals surface area (Å²) in [7, 11) is 1.35. The first-order chi connectivity index (χ1) is 10.7. The molecule has 0 bridgehead atoms. The van der Waals surface area contributed by atoms with Gasteiger partial charge >= 0.3 is 5.97 Å². The molecule has 1 aromatic carbocycles. The molecule has 5 heteroatoms. The number of carbonyl (C=O) groups is 2. The van der Waals surface area contributed by atoms with Gasteiger partial charge in [0.05, 0.1) is 26.7 Å². The van der Waals surface area contributed by atoms with Crippen molar-refractivity contribution in [1.29, 1.82) is 0 Å². The van der Waals surface area contributed by atoms with Crippen LogP contribution in [0.15, 0.2) is 30.3 Å². The van der Waals surface area contributed by atoms with Crippen LogP contribution in [0, 0.1) is 0 Å². The molecule has 1 unspecified atom stereocenters. The molecule has 1 atom stereocenters. The maximum absolute atomic E-state index is 11.9. The standard InChI is InChI=1S/C17H25NO4/c1-3-7-15(12-17(20)21-2)18-16(19)10-11-22-13-14-8-5-4-6-9-14/h4-6,8-9,15H,3,7,10-13H2,1-2H3,(H,18,19). The van der Waals surface area contributed by atoms with Crippen molar-refractivity contribution in [2.24, 2.45) is 0 Å². The molecular formula is C17H25NO4. The Balaban J connectivity index is 2.24. The number of hydrogen-bond donors (Lipinski definition) is 1. The Morgan fingerprint density at radius 1 is 1.23 bits per heavy atom. The normalized spacial score (nSPS) is 11.7. The first-order valence-corrected chi connectivity index (χ1v) is 7.63. The largest absolute Gasteiger partial charge is 0.469 e. The maximum atomic E-state index is 11.9. The van der Waals surface area contributed by atoms with Crippen LogP contribution in [0.4, 0.5) is 0 Å². The molecule has 1 N–H and O–H groups in total. The van der Waals surface area contributed by atoms with E-state index in [1.807, 2.05) is 37.3 Å². The third-order valence-electron chi connectivity index (χ3n) is 3.23. The van der Waals surface area contributed by atoms with Crippen molar-refractivity contribution in [2.75, 3.05) is 13.7 Å². The lowest BCUT2D eigenvalue weighted by Gasteiger charge is -2.17. The van der Waals surface area contributed by atoms with Gasteiger partial charge in [-0.1, -0.05) is 43.7 Å². The highest BCUT2D eigenvalue weighted by atomic mass is 16.5. The Kier molecular flexibility index (Phi) is 8.91. The molecule has 0 saturated carbocycles. The number of amides is 1. The highest BCUT2D eigenvalue weighted by Gasteiger charge is 2.15. The average Bonchev–Trinajstić information content (AvgIpc) is 2.52. The van der Waals surface area contributed by atoms with Crippen LogP contribution in [0.2, 0.25) is 0 Å². The lowest BCUT2D eigenvalue weighted by Crippen LogP contribution is -2.37. The zero-order valence-corrected chi connectivity index (χ0v) is 13.3. The maximum Gasteiger partial charge on any atom is 0.307 e. The first-order valence-electron chi connectivity index (χ1n) is 7.63. The second kappa shape index (κ2) is 10.8. The topological polar surface area (TPSA) is 64.6 Å². The summed E-state index contributed by atoms with van der Waals surface area (Å²) in [6.07, 6.45) is 2.15. The summed E-state index contributed by atoms with van der Waals surface area (Å²) >= 11 is 0. The van der Waals surface area contributed by atoms with Crippen LogP contribution in [0.3, 0.4) is 0 Å². The second-order valence-electron chi connectivity index (χ2n) is 5.12. The van der Waals surface area contributed by atoms with E-state index in [2.05, 4.69) is 10.1 Å². The van der Waals surface area contributed by atoms with Gasteiger partial charge in [0.15, 0.2) is 0 Å². The predicted molar refractivity (Wildman–Crippen MR) is 84.2 cm³/mol. The van der Waals surface area contributed by atoms with Crippen molar-refractivity contribution in [2.45, 2.75) is 45.3 Å². The summed E-state index contributed by atoms with van der Waals surface area (Å²) < 4.78 is 10.1. The number of carbonyl (C=O) groups excluding carboxylic acids is 2. The molecule has 1 amide bonds. The van der Waals surface area contributed by atoms with Crippen LogP contribution in [0.1, 0.15) is 38.2 Å². The minimum Gasteiger partial charge on any atom is -0.469 e. The summed E-state index contributed by atoms with van der Waals surface area (Å²) in [5.74, 6) is -0.408. The Morgan fingerprint density at radius 2 is 1.95 bits per heavy atom. The fourth-order valence-corrected chi connectivity index (χ4v) is 2.09. The van der Waals surface area contributed by atoms with E-state index in [1.165, 1.54) is 7.11 Å². The second-order valence-corrected chi connectivity index (χ2v) is 5.12. The number of rotatable bonds is 10. The predicted octanol–water partition coefficient (Wildman–Crippen LogP) is 2.44. The molecular weight excluding hydrogens is 282 g/mol. The van der Waals surface area contributed by atoms with Gasteiger partial charge in [-0.05, 0) is 12.0 Å². The monoisotopic (exact) mass is 307 g/mol. The summed E-state index contributed by atoms with van der Waals surface area (Å²) in [5.41, 5.74) is 1.08. The lowest BCUT2D eigenvalue weighted by atomic mass is 10.1. The Hall–Kier alpha value is -1.88. The molecule has 0 spiro atoms. The molecule has 0 aromatic heterocycles. The molecule has 0 aliphatic rings. The Labute approximate surface area is 132 Å². The number of ether oxygens (including phenoxy) is 2. The van der Waals surface area contributed by atoms with Crippen molar-refractivity contribution >= 4 is 11.9 Å². The van der Waals surface area contributed by atoms with Gasteiger partial charge in [-0.25, -0.2) is 0 Å². The average molecular weight is 307 g/mol. The van der Waals surface area contributed by atoms with Crippen LogP contribution in [0.25, 0.3) is 0 Å². The number of methoxy groups -OCH3 is 1. The van der Waals surface area contributed by atoms with Gasteiger partial charge in [0.1, 0.15) is 0 Å². The molecule has 1 rings (SSSR count). The highest BCUT2D eigenvalue weighted by molar-refractivity contribution is 5.77. The Morgan fingerprint density at radius 3 is 2.59 bits per heavy atom. The summed E-state index contributed by atoms with van der Waals surface area (Å²) in [5, 5.41) is 2.86. The highest BCUT2D eigenvalue weighted by Crippen LogP contribution is 2.04. The van der Waals surface area contributed by atoms with E-state index in [0.717, 1.165) is 18.4 Å². The van der Waals surface area contributed by atoms with Crippen molar-refractivity contribution in [1.82, 2.24) is 5.32 Å². The molecule has 0 heterocycles. The van der Waals surface area contributed by atoms with Gasteiger partial charge in [0.25, 0.3) is 0 Å². The number of esters is 1.